The fourth-order valence-electron chi connectivity index (χ4n) is 1.36. The van der Waals surface area contributed by atoms with Gasteiger partial charge in [-0.3, -0.25) is 14.6 Å². The Morgan fingerprint density at radius 3 is 2.62 bits per heavy atom. The monoisotopic (exact) mass is 243 g/mol. The van der Waals surface area contributed by atoms with Crippen LogP contribution in [0.25, 0.3) is 0 Å². The van der Waals surface area contributed by atoms with Crippen LogP contribution >= 0.6 is 12.2 Å². The predicted molar refractivity (Wildman–Crippen MR) is 61.9 cm³/mol. The lowest BCUT2D eigenvalue weighted by Crippen LogP contribution is -2.17. The standard InChI is InChI=1S/C9H13N3O3S/c10-7-5(3-1-2-4-6(13)14)8(15)12-9(16)11-7/h1-4H2,(H,13,14)(H4,10,11,12,15,16). The molecule has 1 rings (SSSR count). The minimum absolute atomic E-state index is 0.0979. The molecule has 0 spiro atoms. The number of rotatable bonds is 5. The SMILES string of the molecule is Nc1[nH]c(=S)[nH]c(=O)c1CCCCC(=O)O. The van der Waals surface area contributed by atoms with Crippen LogP contribution < -0.4 is 11.3 Å². The third-order valence-corrected chi connectivity index (χ3v) is 2.35. The number of aromatic amines is 2. The highest BCUT2D eigenvalue weighted by molar-refractivity contribution is 7.71. The van der Waals surface area contributed by atoms with E-state index in [0.717, 1.165) is 0 Å². The molecule has 0 saturated carbocycles. The highest BCUT2D eigenvalue weighted by Crippen LogP contribution is 2.07. The highest BCUT2D eigenvalue weighted by atomic mass is 32.1. The van der Waals surface area contributed by atoms with Gasteiger partial charge in [-0.2, -0.15) is 0 Å². The van der Waals surface area contributed by atoms with E-state index in [4.69, 9.17) is 23.1 Å². The van der Waals surface area contributed by atoms with Crippen LogP contribution in [0.4, 0.5) is 5.82 Å². The molecule has 0 fully saturated rings. The number of H-pyrrole nitrogens is 2. The summed E-state index contributed by atoms with van der Waals surface area (Å²) in [6, 6.07) is 0. The van der Waals surface area contributed by atoms with Gasteiger partial charge in [-0.25, -0.2) is 0 Å². The summed E-state index contributed by atoms with van der Waals surface area (Å²) in [5, 5.41) is 8.44. The second-order valence-electron chi connectivity index (χ2n) is 3.40. The molecular formula is C9H13N3O3S. The van der Waals surface area contributed by atoms with Gasteiger partial charge in [0.15, 0.2) is 4.77 Å². The van der Waals surface area contributed by atoms with Gasteiger partial charge in [-0.1, -0.05) is 0 Å². The molecule has 5 N–H and O–H groups in total. The highest BCUT2D eigenvalue weighted by Gasteiger charge is 2.05. The molecule has 7 heteroatoms. The van der Waals surface area contributed by atoms with Crippen molar-refractivity contribution in [2.24, 2.45) is 0 Å². The number of carboxylic acid groups (broad SMARTS) is 1. The molecule has 0 aliphatic rings. The van der Waals surface area contributed by atoms with Crippen molar-refractivity contribution in [2.45, 2.75) is 25.7 Å². The summed E-state index contributed by atoms with van der Waals surface area (Å²) in [5.41, 5.74) is 5.73. The fraction of sp³-hybridized carbons (Fsp3) is 0.444. The number of aliphatic carboxylic acids is 1. The van der Waals surface area contributed by atoms with E-state index >= 15 is 0 Å². The molecule has 16 heavy (non-hydrogen) atoms. The van der Waals surface area contributed by atoms with E-state index < -0.39 is 5.97 Å². The third kappa shape index (κ3) is 3.50. The van der Waals surface area contributed by atoms with Gasteiger partial charge in [0.1, 0.15) is 5.82 Å². The number of unbranched alkanes of at least 4 members (excludes halogenated alkanes) is 1. The smallest absolute Gasteiger partial charge is 0.303 e. The molecule has 1 aromatic rings. The van der Waals surface area contributed by atoms with Crippen molar-refractivity contribution in [3.8, 4) is 0 Å². The molecule has 0 aromatic carbocycles. The maximum absolute atomic E-state index is 11.5. The van der Waals surface area contributed by atoms with Gasteiger partial charge >= 0.3 is 5.97 Å². The number of anilines is 1. The van der Waals surface area contributed by atoms with E-state index in [1.807, 2.05) is 0 Å². The number of nitrogens with one attached hydrogen (secondary N) is 2. The zero-order chi connectivity index (χ0) is 12.1. The predicted octanol–water partition coefficient (Wildman–Crippen LogP) is 0.812. The molecule has 0 bridgehead atoms. The molecule has 1 heterocycles. The minimum Gasteiger partial charge on any atom is -0.481 e. The molecule has 1 aromatic heterocycles. The van der Waals surface area contributed by atoms with Crippen molar-refractivity contribution < 1.29 is 9.90 Å². The molecule has 0 atom stereocenters. The van der Waals surface area contributed by atoms with Gasteiger partial charge in [0.2, 0.25) is 0 Å². The number of nitrogens with two attached hydrogens (primary N) is 1. The van der Waals surface area contributed by atoms with Crippen LogP contribution in [0, 0.1) is 4.77 Å². The van der Waals surface area contributed by atoms with E-state index in [0.29, 0.717) is 24.8 Å². The number of carbonyl (C=O) groups is 1. The van der Waals surface area contributed by atoms with Crippen LogP contribution in [0.5, 0.6) is 0 Å². The number of hydrogen-bond acceptors (Lipinski definition) is 4. The van der Waals surface area contributed by atoms with Crippen molar-refractivity contribution in [1.29, 1.82) is 0 Å². The average molecular weight is 243 g/mol. The Balaban J connectivity index is 2.64. The Morgan fingerprint density at radius 1 is 1.38 bits per heavy atom. The molecule has 0 aliphatic heterocycles. The Morgan fingerprint density at radius 2 is 2.06 bits per heavy atom. The Hall–Kier alpha value is -1.63. The summed E-state index contributed by atoms with van der Waals surface area (Å²) >= 11 is 4.75. The molecule has 0 amide bonds. The summed E-state index contributed by atoms with van der Waals surface area (Å²) in [4.78, 5) is 26.8. The first kappa shape index (κ1) is 12.4. The summed E-state index contributed by atoms with van der Waals surface area (Å²) in [6.07, 6.45) is 1.66. The summed E-state index contributed by atoms with van der Waals surface area (Å²) in [5.74, 6) is -0.585. The summed E-state index contributed by atoms with van der Waals surface area (Å²) in [7, 11) is 0. The van der Waals surface area contributed by atoms with Crippen LogP contribution in [0.1, 0.15) is 24.8 Å². The normalized spacial score (nSPS) is 10.2. The fourth-order valence-corrected chi connectivity index (χ4v) is 1.56. The molecule has 0 aliphatic carbocycles. The molecule has 0 unspecified atom stereocenters. The van der Waals surface area contributed by atoms with Gasteiger partial charge in [0.25, 0.3) is 5.56 Å². The maximum atomic E-state index is 11.5. The number of nitrogen functional groups attached to an aromatic ring is 1. The first-order valence-electron chi connectivity index (χ1n) is 4.83. The van der Waals surface area contributed by atoms with E-state index in [9.17, 15) is 9.59 Å². The average Bonchev–Trinajstić information content (AvgIpc) is 2.14. The first-order chi connectivity index (χ1) is 7.50. The van der Waals surface area contributed by atoms with Crippen molar-refractivity contribution in [3.05, 3.63) is 20.7 Å². The Labute approximate surface area is 96.5 Å². The lowest BCUT2D eigenvalue weighted by Gasteiger charge is -2.03. The summed E-state index contributed by atoms with van der Waals surface area (Å²) < 4.78 is 0.191. The van der Waals surface area contributed by atoms with Crippen LogP contribution in [0.3, 0.4) is 0 Å². The van der Waals surface area contributed by atoms with Crippen LogP contribution in [0.2, 0.25) is 0 Å². The van der Waals surface area contributed by atoms with E-state index in [-0.39, 0.29) is 22.6 Å². The van der Waals surface area contributed by atoms with Gasteiger partial charge < -0.3 is 15.8 Å². The van der Waals surface area contributed by atoms with Gasteiger partial charge in [0.05, 0.1) is 5.56 Å². The number of hydrogen-bond donors (Lipinski definition) is 4. The van der Waals surface area contributed by atoms with Crippen molar-refractivity contribution in [1.82, 2.24) is 9.97 Å². The molecular weight excluding hydrogens is 230 g/mol. The van der Waals surface area contributed by atoms with Crippen molar-refractivity contribution >= 4 is 24.0 Å². The number of aromatic nitrogens is 2. The first-order valence-corrected chi connectivity index (χ1v) is 5.24. The number of carboxylic acids is 1. The van der Waals surface area contributed by atoms with Gasteiger partial charge in [-0.05, 0) is 31.5 Å². The van der Waals surface area contributed by atoms with Gasteiger partial charge in [0, 0.05) is 6.42 Å². The Kier molecular flexibility index (Phi) is 4.24. The Bertz CT molecular complexity index is 492. The van der Waals surface area contributed by atoms with Crippen LogP contribution in [0.15, 0.2) is 4.79 Å². The van der Waals surface area contributed by atoms with Crippen LogP contribution in [-0.2, 0) is 11.2 Å². The van der Waals surface area contributed by atoms with Crippen LogP contribution in [-0.4, -0.2) is 21.0 Å². The largest absolute Gasteiger partial charge is 0.481 e. The molecule has 6 nitrogen and oxygen atoms in total. The quantitative estimate of drug-likeness (QED) is 0.451. The third-order valence-electron chi connectivity index (χ3n) is 2.14. The van der Waals surface area contributed by atoms with E-state index in [1.165, 1.54) is 0 Å². The maximum Gasteiger partial charge on any atom is 0.303 e. The molecule has 0 saturated heterocycles. The van der Waals surface area contributed by atoms with E-state index in [2.05, 4.69) is 9.97 Å². The zero-order valence-corrected chi connectivity index (χ0v) is 9.39. The zero-order valence-electron chi connectivity index (χ0n) is 8.58. The van der Waals surface area contributed by atoms with E-state index in [1.54, 1.807) is 0 Å². The lowest BCUT2D eigenvalue weighted by molar-refractivity contribution is -0.137. The van der Waals surface area contributed by atoms with Gasteiger partial charge in [-0.15, -0.1) is 0 Å². The topological polar surface area (TPSA) is 112 Å². The van der Waals surface area contributed by atoms with Crippen molar-refractivity contribution in [2.75, 3.05) is 5.73 Å². The molecule has 88 valence electrons. The summed E-state index contributed by atoms with van der Waals surface area (Å²) in [6.45, 7) is 0. The molecule has 0 radical (unpaired) electrons. The van der Waals surface area contributed by atoms with Crippen molar-refractivity contribution in [3.63, 3.8) is 0 Å². The second-order valence-corrected chi connectivity index (χ2v) is 3.81. The second kappa shape index (κ2) is 5.45. The lowest BCUT2D eigenvalue weighted by atomic mass is 10.1. The minimum atomic E-state index is -0.839.